The molecule has 2 amide bonds. The summed E-state index contributed by atoms with van der Waals surface area (Å²) in [6, 6.07) is 16.4. The number of aryl methyl sites for hydroxylation is 1. The van der Waals surface area contributed by atoms with Gasteiger partial charge in [0.05, 0.1) is 11.4 Å². The normalized spacial score (nSPS) is 17.7. The fraction of sp³-hybridized carbons (Fsp3) is 0.130. The van der Waals surface area contributed by atoms with Crippen molar-refractivity contribution in [3.8, 4) is 0 Å². The molecule has 0 aliphatic carbocycles. The van der Waals surface area contributed by atoms with Gasteiger partial charge < -0.3 is 10.4 Å². The summed E-state index contributed by atoms with van der Waals surface area (Å²) in [5.41, 5.74) is -0.121. The number of halogens is 2. The van der Waals surface area contributed by atoms with Gasteiger partial charge in [-0.05, 0) is 30.7 Å². The number of para-hydroxylation sites is 1. The Hall–Kier alpha value is -3.58. The molecule has 5 nitrogen and oxygen atoms in total. The molecule has 0 bridgehead atoms. The van der Waals surface area contributed by atoms with E-state index in [9.17, 15) is 23.5 Å². The van der Waals surface area contributed by atoms with E-state index in [1.807, 2.05) is 13.0 Å². The fourth-order valence-corrected chi connectivity index (χ4v) is 3.67. The number of hydrogen-bond acceptors (Lipinski definition) is 3. The van der Waals surface area contributed by atoms with Crippen LogP contribution in [0.15, 0.2) is 66.7 Å². The van der Waals surface area contributed by atoms with Crippen LogP contribution in [0.1, 0.15) is 16.7 Å². The first kappa shape index (κ1) is 19.7. The number of rotatable bonds is 4. The third-order valence-electron chi connectivity index (χ3n) is 5.08. The molecule has 1 aliphatic heterocycles. The zero-order chi connectivity index (χ0) is 21.5. The number of nitrogens with one attached hydrogen (secondary N) is 1. The molecule has 0 aromatic heterocycles. The highest BCUT2D eigenvalue weighted by Crippen LogP contribution is 2.44. The molecule has 4 rings (SSSR count). The summed E-state index contributed by atoms with van der Waals surface area (Å²) < 4.78 is 26.9. The molecule has 0 unspecified atom stereocenters. The van der Waals surface area contributed by atoms with Crippen LogP contribution in [-0.2, 0) is 15.2 Å². The molecule has 0 spiro atoms. The van der Waals surface area contributed by atoms with Crippen molar-refractivity contribution in [3.63, 3.8) is 0 Å². The standard InChI is InChI=1S/C23H18F2N2O3/c1-14-5-4-6-15(11-14)23(30)17-7-2-3-8-20(17)27(22(23)29)13-21(28)26-19-10-9-16(24)12-18(19)25/h2-12,30H,13H2,1H3,(H,26,28)/t23-/m1/s1. The summed E-state index contributed by atoms with van der Waals surface area (Å²) in [5, 5.41) is 13.8. The highest BCUT2D eigenvalue weighted by atomic mass is 19.1. The van der Waals surface area contributed by atoms with E-state index >= 15 is 0 Å². The Morgan fingerprint density at radius 3 is 2.57 bits per heavy atom. The van der Waals surface area contributed by atoms with Crippen molar-refractivity contribution < 1.29 is 23.5 Å². The van der Waals surface area contributed by atoms with Crippen LogP contribution < -0.4 is 10.2 Å². The lowest BCUT2D eigenvalue weighted by molar-refractivity contribution is -0.133. The van der Waals surface area contributed by atoms with Crippen LogP contribution in [0.5, 0.6) is 0 Å². The van der Waals surface area contributed by atoms with Crippen molar-refractivity contribution >= 4 is 23.2 Å². The molecule has 2 N–H and O–H groups in total. The predicted molar refractivity (Wildman–Crippen MR) is 108 cm³/mol. The van der Waals surface area contributed by atoms with E-state index in [1.54, 1.807) is 42.5 Å². The Labute approximate surface area is 171 Å². The molecule has 0 saturated carbocycles. The van der Waals surface area contributed by atoms with Gasteiger partial charge >= 0.3 is 0 Å². The third-order valence-corrected chi connectivity index (χ3v) is 5.08. The summed E-state index contributed by atoms with van der Waals surface area (Å²) in [4.78, 5) is 26.9. The summed E-state index contributed by atoms with van der Waals surface area (Å²) in [6.07, 6.45) is 0. The molecule has 7 heteroatoms. The van der Waals surface area contributed by atoms with Gasteiger partial charge in [0.2, 0.25) is 5.91 Å². The van der Waals surface area contributed by atoms with E-state index in [-0.39, 0.29) is 5.69 Å². The van der Waals surface area contributed by atoms with Crippen LogP contribution >= 0.6 is 0 Å². The van der Waals surface area contributed by atoms with Crippen molar-refractivity contribution in [2.75, 3.05) is 16.8 Å². The Balaban J connectivity index is 1.66. The molecule has 0 fully saturated rings. The second-order valence-electron chi connectivity index (χ2n) is 7.16. The Bertz CT molecular complexity index is 1160. The number of anilines is 2. The first-order chi connectivity index (χ1) is 14.3. The van der Waals surface area contributed by atoms with E-state index < -0.39 is 35.6 Å². The van der Waals surface area contributed by atoms with E-state index in [0.717, 1.165) is 22.6 Å². The van der Waals surface area contributed by atoms with E-state index in [0.29, 0.717) is 22.9 Å². The second kappa shape index (κ2) is 7.35. The van der Waals surface area contributed by atoms with E-state index in [2.05, 4.69) is 5.32 Å². The number of hydrogen-bond donors (Lipinski definition) is 2. The molecule has 3 aromatic rings. The zero-order valence-corrected chi connectivity index (χ0v) is 16.0. The number of carbonyl (C=O) groups excluding carboxylic acids is 2. The first-order valence-corrected chi connectivity index (χ1v) is 9.26. The third kappa shape index (κ3) is 3.23. The minimum absolute atomic E-state index is 0.199. The number of amides is 2. The summed E-state index contributed by atoms with van der Waals surface area (Å²) in [7, 11) is 0. The molecule has 152 valence electrons. The number of benzene rings is 3. The van der Waals surface area contributed by atoms with Gasteiger partial charge in [-0.1, -0.05) is 48.0 Å². The number of carbonyl (C=O) groups is 2. The van der Waals surface area contributed by atoms with Crippen LogP contribution in [0.4, 0.5) is 20.2 Å². The SMILES string of the molecule is Cc1cccc([C@]2(O)C(=O)N(CC(=O)Nc3ccc(F)cc3F)c3ccccc32)c1. The molecule has 0 saturated heterocycles. The molecule has 30 heavy (non-hydrogen) atoms. The van der Waals surface area contributed by atoms with Gasteiger partial charge in [0.25, 0.3) is 5.91 Å². The number of aliphatic hydroxyl groups is 1. The molecule has 1 aliphatic rings. The van der Waals surface area contributed by atoms with Crippen LogP contribution in [0, 0.1) is 18.6 Å². The van der Waals surface area contributed by atoms with Crippen LogP contribution in [0.2, 0.25) is 0 Å². The van der Waals surface area contributed by atoms with Crippen LogP contribution in [0.3, 0.4) is 0 Å². The maximum atomic E-state index is 13.8. The van der Waals surface area contributed by atoms with Crippen LogP contribution in [0.25, 0.3) is 0 Å². The molecule has 3 aromatic carbocycles. The van der Waals surface area contributed by atoms with Gasteiger partial charge in [-0.3, -0.25) is 14.5 Å². The summed E-state index contributed by atoms with van der Waals surface area (Å²) in [5.74, 6) is -3.05. The quantitative estimate of drug-likeness (QED) is 0.694. The lowest BCUT2D eigenvalue weighted by atomic mass is 9.87. The van der Waals surface area contributed by atoms with E-state index in [1.165, 1.54) is 0 Å². The predicted octanol–water partition coefficient (Wildman–Crippen LogP) is 3.49. The minimum atomic E-state index is -1.94. The topological polar surface area (TPSA) is 69.6 Å². The smallest absolute Gasteiger partial charge is 0.268 e. The lowest BCUT2D eigenvalue weighted by Crippen LogP contribution is -2.44. The van der Waals surface area contributed by atoms with Crippen molar-refractivity contribution in [1.82, 2.24) is 0 Å². The maximum absolute atomic E-state index is 13.8. The van der Waals surface area contributed by atoms with Crippen molar-refractivity contribution in [2.24, 2.45) is 0 Å². The fourth-order valence-electron chi connectivity index (χ4n) is 3.67. The van der Waals surface area contributed by atoms with Crippen molar-refractivity contribution in [3.05, 3.63) is 95.1 Å². The molecule has 0 radical (unpaired) electrons. The monoisotopic (exact) mass is 408 g/mol. The second-order valence-corrected chi connectivity index (χ2v) is 7.16. The largest absolute Gasteiger partial charge is 0.372 e. The zero-order valence-electron chi connectivity index (χ0n) is 16.0. The highest BCUT2D eigenvalue weighted by molar-refractivity contribution is 6.12. The van der Waals surface area contributed by atoms with Crippen LogP contribution in [-0.4, -0.2) is 23.5 Å². The van der Waals surface area contributed by atoms with Gasteiger partial charge in [-0.25, -0.2) is 8.78 Å². The van der Waals surface area contributed by atoms with Gasteiger partial charge in [0.15, 0.2) is 5.60 Å². The average molecular weight is 408 g/mol. The lowest BCUT2D eigenvalue weighted by Gasteiger charge is -2.24. The summed E-state index contributed by atoms with van der Waals surface area (Å²) >= 11 is 0. The van der Waals surface area contributed by atoms with Gasteiger partial charge in [0, 0.05) is 11.6 Å². The molecule has 1 atom stereocenters. The van der Waals surface area contributed by atoms with Crippen molar-refractivity contribution in [1.29, 1.82) is 0 Å². The minimum Gasteiger partial charge on any atom is -0.372 e. The average Bonchev–Trinajstić information content (AvgIpc) is 2.93. The Kier molecular flexibility index (Phi) is 4.83. The van der Waals surface area contributed by atoms with Gasteiger partial charge in [0.1, 0.15) is 18.2 Å². The highest BCUT2D eigenvalue weighted by Gasteiger charge is 2.51. The first-order valence-electron chi connectivity index (χ1n) is 9.26. The number of nitrogens with zero attached hydrogens (tertiary/aromatic N) is 1. The van der Waals surface area contributed by atoms with Crippen molar-refractivity contribution in [2.45, 2.75) is 12.5 Å². The molecular formula is C23H18F2N2O3. The van der Waals surface area contributed by atoms with Gasteiger partial charge in [-0.15, -0.1) is 0 Å². The number of fused-ring (bicyclic) bond motifs is 1. The Morgan fingerprint density at radius 1 is 1.07 bits per heavy atom. The maximum Gasteiger partial charge on any atom is 0.268 e. The van der Waals surface area contributed by atoms with Gasteiger partial charge in [-0.2, -0.15) is 0 Å². The molecular weight excluding hydrogens is 390 g/mol. The Morgan fingerprint density at radius 2 is 1.83 bits per heavy atom. The summed E-state index contributed by atoms with van der Waals surface area (Å²) in [6.45, 7) is 1.40. The van der Waals surface area contributed by atoms with E-state index in [4.69, 9.17) is 0 Å². The molecule has 1 heterocycles.